The highest BCUT2D eigenvalue weighted by molar-refractivity contribution is 5.40. The average molecular weight is 278 g/mol. The summed E-state index contributed by atoms with van der Waals surface area (Å²) in [6.07, 6.45) is 2.59. The summed E-state index contributed by atoms with van der Waals surface area (Å²) in [4.78, 5) is 0. The molecular weight excluding hydrogens is 259 g/mol. The van der Waals surface area contributed by atoms with Crippen LogP contribution in [0.4, 0.5) is 4.39 Å². The molecule has 2 aromatic rings. The number of rotatable bonds is 6. The Labute approximate surface area is 117 Å². The van der Waals surface area contributed by atoms with Crippen molar-refractivity contribution in [3.8, 4) is 5.75 Å². The van der Waals surface area contributed by atoms with Gasteiger partial charge >= 0.3 is 0 Å². The normalized spacial score (nSPS) is 12.4. The smallest absolute Gasteiger partial charge is 0.132 e. The van der Waals surface area contributed by atoms with E-state index in [9.17, 15) is 4.39 Å². The number of methoxy groups -OCH3 is 1. The second-order valence-corrected chi connectivity index (χ2v) is 4.46. The zero-order chi connectivity index (χ0) is 14.5. The Morgan fingerprint density at radius 2 is 2.25 bits per heavy atom. The van der Waals surface area contributed by atoms with Gasteiger partial charge in [0.15, 0.2) is 0 Å². The first-order valence-electron chi connectivity index (χ1n) is 6.61. The molecule has 0 saturated carbocycles. The van der Waals surface area contributed by atoms with E-state index in [4.69, 9.17) is 4.74 Å². The van der Waals surface area contributed by atoms with Gasteiger partial charge in [-0.15, -0.1) is 5.10 Å². The van der Waals surface area contributed by atoms with Gasteiger partial charge in [0.2, 0.25) is 0 Å². The molecule has 0 aliphatic carbocycles. The van der Waals surface area contributed by atoms with Crippen LogP contribution in [0.25, 0.3) is 0 Å². The number of hydrogen-bond acceptors (Lipinski definition) is 4. The van der Waals surface area contributed by atoms with Crippen molar-refractivity contribution in [1.29, 1.82) is 0 Å². The molecule has 1 aromatic carbocycles. The zero-order valence-corrected chi connectivity index (χ0v) is 11.9. The number of aryl methyl sites for hydroxylation is 1. The van der Waals surface area contributed by atoms with Crippen LogP contribution in [0.15, 0.2) is 24.4 Å². The molecule has 108 valence electrons. The molecule has 1 atom stereocenters. The quantitative estimate of drug-likeness (QED) is 0.879. The van der Waals surface area contributed by atoms with Gasteiger partial charge in [-0.05, 0) is 25.6 Å². The molecule has 0 radical (unpaired) electrons. The van der Waals surface area contributed by atoms with E-state index in [0.29, 0.717) is 11.3 Å². The third-order valence-corrected chi connectivity index (χ3v) is 3.19. The van der Waals surface area contributed by atoms with Gasteiger partial charge in [-0.2, -0.15) is 0 Å². The SMILES string of the molecule is CCCn1nncc1C(NC)c1c(F)cccc1OC. The maximum atomic E-state index is 14.2. The van der Waals surface area contributed by atoms with E-state index >= 15 is 0 Å². The molecule has 1 aromatic heterocycles. The molecule has 0 fully saturated rings. The van der Waals surface area contributed by atoms with Crippen molar-refractivity contribution in [1.82, 2.24) is 20.3 Å². The van der Waals surface area contributed by atoms with Crippen LogP contribution < -0.4 is 10.1 Å². The fourth-order valence-electron chi connectivity index (χ4n) is 2.29. The molecule has 6 heteroatoms. The molecule has 5 nitrogen and oxygen atoms in total. The number of hydrogen-bond donors (Lipinski definition) is 1. The lowest BCUT2D eigenvalue weighted by molar-refractivity contribution is 0.396. The molecule has 0 aliphatic heterocycles. The predicted octanol–water partition coefficient (Wildman–Crippen LogP) is 2.14. The summed E-state index contributed by atoms with van der Waals surface area (Å²) in [5.74, 6) is 0.196. The average Bonchev–Trinajstić information content (AvgIpc) is 2.90. The highest BCUT2D eigenvalue weighted by atomic mass is 19.1. The Morgan fingerprint density at radius 1 is 1.45 bits per heavy atom. The minimum absolute atomic E-state index is 0.312. The first-order valence-corrected chi connectivity index (χ1v) is 6.61. The summed E-state index contributed by atoms with van der Waals surface area (Å²) in [7, 11) is 3.31. The summed E-state index contributed by atoms with van der Waals surface area (Å²) in [6, 6.07) is 4.45. The number of aromatic nitrogens is 3. The van der Waals surface area contributed by atoms with Crippen molar-refractivity contribution < 1.29 is 9.13 Å². The van der Waals surface area contributed by atoms with Gasteiger partial charge in [0.1, 0.15) is 11.6 Å². The van der Waals surface area contributed by atoms with Crippen LogP contribution in [0.5, 0.6) is 5.75 Å². The van der Waals surface area contributed by atoms with Crippen molar-refractivity contribution in [2.45, 2.75) is 25.9 Å². The maximum absolute atomic E-state index is 14.2. The molecule has 0 saturated heterocycles. The lowest BCUT2D eigenvalue weighted by atomic mass is 10.0. The number of benzene rings is 1. The second-order valence-electron chi connectivity index (χ2n) is 4.46. The third-order valence-electron chi connectivity index (χ3n) is 3.19. The van der Waals surface area contributed by atoms with Crippen LogP contribution in [-0.4, -0.2) is 29.2 Å². The number of nitrogens with zero attached hydrogens (tertiary/aromatic N) is 3. The summed E-state index contributed by atoms with van der Waals surface area (Å²) >= 11 is 0. The van der Waals surface area contributed by atoms with Crippen LogP contribution in [-0.2, 0) is 6.54 Å². The monoisotopic (exact) mass is 278 g/mol. The van der Waals surface area contributed by atoms with Crippen LogP contribution in [0.3, 0.4) is 0 Å². The minimum atomic E-state index is -0.354. The summed E-state index contributed by atoms with van der Waals surface area (Å²) < 4.78 is 21.3. The van der Waals surface area contributed by atoms with Crippen molar-refractivity contribution in [2.24, 2.45) is 0 Å². The fraction of sp³-hybridized carbons (Fsp3) is 0.429. The molecule has 1 N–H and O–H groups in total. The van der Waals surface area contributed by atoms with Gasteiger partial charge in [0.05, 0.1) is 30.6 Å². The van der Waals surface area contributed by atoms with Crippen LogP contribution in [0.2, 0.25) is 0 Å². The number of halogens is 1. The lowest BCUT2D eigenvalue weighted by Crippen LogP contribution is -2.23. The van der Waals surface area contributed by atoms with E-state index < -0.39 is 0 Å². The van der Waals surface area contributed by atoms with E-state index in [1.54, 1.807) is 30.1 Å². The van der Waals surface area contributed by atoms with Gasteiger partial charge < -0.3 is 10.1 Å². The molecular formula is C14H19FN4O. The van der Waals surface area contributed by atoms with Crippen LogP contribution in [0, 0.1) is 5.82 Å². The molecule has 0 aliphatic rings. The topological polar surface area (TPSA) is 52.0 Å². The molecule has 1 unspecified atom stereocenters. The Hall–Kier alpha value is -1.95. The number of nitrogens with one attached hydrogen (secondary N) is 1. The zero-order valence-electron chi connectivity index (χ0n) is 11.9. The molecule has 20 heavy (non-hydrogen) atoms. The second kappa shape index (κ2) is 6.47. The Balaban J connectivity index is 2.50. The highest BCUT2D eigenvalue weighted by Gasteiger charge is 2.24. The standard InChI is InChI=1S/C14H19FN4O/c1-4-8-19-11(9-17-18-19)14(16-2)13-10(15)6-5-7-12(13)20-3/h5-7,9,14,16H,4,8H2,1-3H3. The van der Waals surface area contributed by atoms with Crippen LogP contribution in [0.1, 0.15) is 30.6 Å². The summed E-state index contributed by atoms with van der Waals surface area (Å²) in [6.45, 7) is 2.80. The van der Waals surface area contributed by atoms with Gasteiger partial charge in [-0.1, -0.05) is 18.2 Å². The van der Waals surface area contributed by atoms with Gasteiger partial charge in [0.25, 0.3) is 0 Å². The Bertz CT molecular complexity index is 570. The number of ether oxygens (including phenoxy) is 1. The first kappa shape index (κ1) is 14.5. The van der Waals surface area contributed by atoms with Gasteiger partial charge in [-0.3, -0.25) is 0 Å². The van der Waals surface area contributed by atoms with Crippen molar-refractivity contribution in [3.05, 3.63) is 41.5 Å². The first-order chi connectivity index (χ1) is 9.72. The highest BCUT2D eigenvalue weighted by Crippen LogP contribution is 2.31. The molecule has 0 bridgehead atoms. The summed E-state index contributed by atoms with van der Waals surface area (Å²) in [5.41, 5.74) is 1.29. The van der Waals surface area contributed by atoms with E-state index in [1.165, 1.54) is 13.2 Å². The largest absolute Gasteiger partial charge is 0.496 e. The van der Waals surface area contributed by atoms with Crippen LogP contribution >= 0.6 is 0 Å². The van der Waals surface area contributed by atoms with Crippen molar-refractivity contribution in [3.63, 3.8) is 0 Å². The van der Waals surface area contributed by atoms with E-state index in [-0.39, 0.29) is 11.9 Å². The Morgan fingerprint density at radius 3 is 2.90 bits per heavy atom. The molecule has 1 heterocycles. The lowest BCUT2D eigenvalue weighted by Gasteiger charge is -2.20. The van der Waals surface area contributed by atoms with E-state index in [0.717, 1.165) is 18.7 Å². The fourth-order valence-corrected chi connectivity index (χ4v) is 2.29. The predicted molar refractivity (Wildman–Crippen MR) is 74.2 cm³/mol. The third kappa shape index (κ3) is 2.65. The molecule has 2 rings (SSSR count). The maximum Gasteiger partial charge on any atom is 0.132 e. The van der Waals surface area contributed by atoms with Gasteiger partial charge in [-0.25, -0.2) is 9.07 Å². The summed E-state index contributed by atoms with van der Waals surface area (Å²) in [5, 5.41) is 11.1. The van der Waals surface area contributed by atoms with E-state index in [2.05, 4.69) is 22.6 Å². The molecule has 0 spiro atoms. The minimum Gasteiger partial charge on any atom is -0.496 e. The molecule has 0 amide bonds. The Kier molecular flexibility index (Phi) is 4.68. The van der Waals surface area contributed by atoms with E-state index in [1.807, 2.05) is 0 Å². The van der Waals surface area contributed by atoms with Gasteiger partial charge in [0, 0.05) is 6.54 Å². The van der Waals surface area contributed by atoms with Crippen molar-refractivity contribution in [2.75, 3.05) is 14.2 Å². The van der Waals surface area contributed by atoms with Crippen molar-refractivity contribution >= 4 is 0 Å².